The largest absolute Gasteiger partial charge is 0.395 e. The molecule has 4 aliphatic carbocycles. The van der Waals surface area contributed by atoms with Crippen LogP contribution in [-0.4, -0.2) is 39.9 Å². The van der Waals surface area contributed by atoms with Crippen molar-refractivity contribution in [3.8, 4) is 0 Å². The van der Waals surface area contributed by atoms with Crippen LogP contribution in [0.15, 0.2) is 11.6 Å². The minimum absolute atomic E-state index is 0.00594. The van der Waals surface area contributed by atoms with Crippen molar-refractivity contribution in [1.29, 1.82) is 0 Å². The van der Waals surface area contributed by atoms with E-state index in [1.54, 1.807) is 0 Å². The van der Waals surface area contributed by atoms with E-state index in [9.17, 15) is 20.1 Å². The van der Waals surface area contributed by atoms with E-state index < -0.39 is 11.0 Å². The Hall–Kier alpha value is -0.710. The minimum Gasteiger partial charge on any atom is -0.395 e. The molecule has 0 radical (unpaired) electrons. The summed E-state index contributed by atoms with van der Waals surface area (Å²) >= 11 is 0. The maximum absolute atomic E-state index is 12.6. The summed E-state index contributed by atoms with van der Waals surface area (Å²) in [5, 5.41) is 30.5. The van der Waals surface area contributed by atoms with E-state index in [4.69, 9.17) is 0 Å². The first-order valence-electron chi connectivity index (χ1n) is 9.44. The molecule has 1 spiro atoms. The predicted octanol–water partition coefficient (Wildman–Crippen LogP) is 2.21. The number of carbonyl (C=O) groups excluding carboxylic acids is 1. The molecule has 3 fully saturated rings. The Labute approximate surface area is 144 Å². The van der Waals surface area contributed by atoms with Gasteiger partial charge in [-0.2, -0.15) is 0 Å². The molecule has 0 aromatic heterocycles. The third kappa shape index (κ3) is 1.72. The van der Waals surface area contributed by atoms with E-state index >= 15 is 0 Å². The van der Waals surface area contributed by atoms with Crippen LogP contribution >= 0.6 is 0 Å². The summed E-state index contributed by atoms with van der Waals surface area (Å²) < 4.78 is 0. The summed E-state index contributed by atoms with van der Waals surface area (Å²) in [5.74, 6) is 0.445. The molecule has 6 atom stereocenters. The van der Waals surface area contributed by atoms with E-state index in [-0.39, 0.29) is 41.7 Å². The summed E-state index contributed by atoms with van der Waals surface area (Å²) in [7, 11) is 0. The third-order valence-corrected chi connectivity index (χ3v) is 8.70. The summed E-state index contributed by atoms with van der Waals surface area (Å²) in [5.41, 5.74) is -0.125. The fourth-order valence-corrected chi connectivity index (χ4v) is 7.03. The van der Waals surface area contributed by atoms with Gasteiger partial charge >= 0.3 is 0 Å². The Kier molecular flexibility index (Phi) is 3.44. The van der Waals surface area contributed by atoms with Crippen LogP contribution in [-0.2, 0) is 4.79 Å². The quantitative estimate of drug-likeness (QED) is 0.677. The van der Waals surface area contributed by atoms with Crippen LogP contribution in [0.1, 0.15) is 58.8 Å². The number of carbonyl (C=O) groups is 1. The Morgan fingerprint density at radius 1 is 1.12 bits per heavy atom. The summed E-state index contributed by atoms with van der Waals surface area (Å²) in [4.78, 5) is 12.6. The Morgan fingerprint density at radius 2 is 1.88 bits per heavy atom. The average Bonchev–Trinajstić information content (AvgIpc) is 2.93. The fourth-order valence-electron chi connectivity index (χ4n) is 7.03. The van der Waals surface area contributed by atoms with E-state index in [2.05, 4.69) is 13.0 Å². The second kappa shape index (κ2) is 4.93. The lowest BCUT2D eigenvalue weighted by atomic mass is 9.40. The van der Waals surface area contributed by atoms with Crippen molar-refractivity contribution in [1.82, 2.24) is 0 Å². The Bertz CT molecular complexity index is 613. The van der Waals surface area contributed by atoms with E-state index in [0.29, 0.717) is 12.8 Å². The van der Waals surface area contributed by atoms with Gasteiger partial charge in [0.1, 0.15) is 5.78 Å². The van der Waals surface area contributed by atoms with Crippen molar-refractivity contribution in [2.75, 3.05) is 13.2 Å². The molecule has 4 aliphatic rings. The van der Waals surface area contributed by atoms with Crippen molar-refractivity contribution in [2.45, 2.75) is 64.4 Å². The number of rotatable bonds is 2. The normalized spacial score (nSPS) is 53.4. The highest BCUT2D eigenvalue weighted by atomic mass is 16.3. The van der Waals surface area contributed by atoms with Crippen LogP contribution in [0.4, 0.5) is 0 Å². The Balaban J connectivity index is 1.78. The van der Waals surface area contributed by atoms with E-state index in [1.807, 2.05) is 6.92 Å². The molecular formula is C20H30O4. The number of aliphatic hydroxyl groups is 3. The number of fused-ring (bicyclic) bond motifs is 2. The van der Waals surface area contributed by atoms with Gasteiger partial charge in [0.15, 0.2) is 0 Å². The number of aliphatic hydroxyl groups excluding tert-OH is 2. The fraction of sp³-hybridized carbons (Fsp3) is 0.850. The molecule has 0 saturated heterocycles. The lowest BCUT2D eigenvalue weighted by Gasteiger charge is -2.64. The zero-order valence-corrected chi connectivity index (χ0v) is 14.8. The van der Waals surface area contributed by atoms with Crippen molar-refractivity contribution < 1.29 is 20.1 Å². The number of hydrogen-bond donors (Lipinski definition) is 3. The summed E-state index contributed by atoms with van der Waals surface area (Å²) in [6.07, 6.45) is 7.98. The minimum atomic E-state index is -0.980. The molecule has 24 heavy (non-hydrogen) atoms. The van der Waals surface area contributed by atoms with Crippen molar-refractivity contribution in [3.05, 3.63) is 11.6 Å². The zero-order valence-electron chi connectivity index (χ0n) is 14.8. The molecule has 4 nitrogen and oxygen atoms in total. The van der Waals surface area contributed by atoms with Gasteiger partial charge in [0.2, 0.25) is 0 Å². The van der Waals surface area contributed by atoms with Gasteiger partial charge in [-0.1, -0.05) is 25.5 Å². The monoisotopic (exact) mass is 334 g/mol. The molecule has 0 aromatic rings. The maximum atomic E-state index is 12.6. The molecule has 4 heteroatoms. The van der Waals surface area contributed by atoms with E-state index in [1.165, 1.54) is 5.57 Å². The van der Waals surface area contributed by atoms with Crippen LogP contribution in [0.5, 0.6) is 0 Å². The maximum Gasteiger partial charge on any atom is 0.141 e. The van der Waals surface area contributed by atoms with Crippen LogP contribution in [0.2, 0.25) is 0 Å². The third-order valence-electron chi connectivity index (χ3n) is 8.70. The highest BCUT2D eigenvalue weighted by molar-refractivity contribution is 5.86. The van der Waals surface area contributed by atoms with Gasteiger partial charge in [-0.3, -0.25) is 4.79 Å². The van der Waals surface area contributed by atoms with Gasteiger partial charge < -0.3 is 15.3 Å². The smallest absolute Gasteiger partial charge is 0.141 e. The van der Waals surface area contributed by atoms with Crippen molar-refractivity contribution >= 4 is 5.78 Å². The second-order valence-corrected chi connectivity index (χ2v) is 9.35. The number of Topliss-reactive ketones (excluding diaryl/α,β-unsaturated/α-hetero) is 1. The number of allylic oxidation sites excluding steroid dienone is 1. The molecule has 3 saturated carbocycles. The first-order valence-corrected chi connectivity index (χ1v) is 9.44. The van der Waals surface area contributed by atoms with Gasteiger partial charge in [-0.05, 0) is 55.3 Å². The topological polar surface area (TPSA) is 77.8 Å². The van der Waals surface area contributed by atoms with E-state index in [0.717, 1.165) is 32.1 Å². The Morgan fingerprint density at radius 3 is 2.54 bits per heavy atom. The first-order chi connectivity index (χ1) is 11.3. The molecule has 0 unspecified atom stereocenters. The summed E-state index contributed by atoms with van der Waals surface area (Å²) in [6, 6.07) is 0. The predicted molar refractivity (Wildman–Crippen MR) is 90.2 cm³/mol. The van der Waals surface area contributed by atoms with Crippen LogP contribution < -0.4 is 0 Å². The molecule has 0 amide bonds. The highest BCUT2D eigenvalue weighted by Crippen LogP contribution is 2.73. The second-order valence-electron chi connectivity index (χ2n) is 9.35. The molecular weight excluding hydrogens is 304 g/mol. The lowest BCUT2D eigenvalue weighted by Crippen LogP contribution is -2.61. The molecule has 2 bridgehead atoms. The summed E-state index contributed by atoms with van der Waals surface area (Å²) in [6.45, 7) is 4.05. The van der Waals surface area contributed by atoms with Gasteiger partial charge in [0.05, 0.1) is 24.2 Å². The highest BCUT2D eigenvalue weighted by Gasteiger charge is 2.68. The van der Waals surface area contributed by atoms with Gasteiger partial charge in [-0.15, -0.1) is 0 Å². The molecule has 0 aliphatic heterocycles. The van der Waals surface area contributed by atoms with Crippen LogP contribution in [0.25, 0.3) is 0 Å². The lowest BCUT2D eigenvalue weighted by molar-refractivity contribution is -0.173. The van der Waals surface area contributed by atoms with Gasteiger partial charge in [0, 0.05) is 12.3 Å². The van der Waals surface area contributed by atoms with Crippen LogP contribution in [0, 0.1) is 28.1 Å². The molecule has 134 valence electrons. The van der Waals surface area contributed by atoms with Crippen molar-refractivity contribution in [3.63, 3.8) is 0 Å². The standard InChI is InChI=1S/C20H30O4/c1-17(11-21)15-4-3-13-9-14-10-19(13,7-8-20(14,24)12-22)18(15,2)6-5-16(17)23/h9,14-15,21-22,24H,3-8,10-12H2,1-2H3/t14-,15+,17+,18+,19+,20+/m1/s1. The molecule has 4 rings (SSSR count). The molecule has 0 aromatic carbocycles. The van der Waals surface area contributed by atoms with Gasteiger partial charge in [-0.25, -0.2) is 0 Å². The number of ketones is 1. The first kappa shape index (κ1) is 16.7. The SMILES string of the molecule is C[C@]12CCC(=O)[C@@](C)(CO)[C@@H]1CCC1=C[C@@H]3C[C@@]12CC[C@]3(O)CO. The zero-order chi connectivity index (χ0) is 17.4. The van der Waals surface area contributed by atoms with Gasteiger partial charge in [0.25, 0.3) is 0 Å². The average molecular weight is 334 g/mol. The van der Waals surface area contributed by atoms with Crippen LogP contribution in [0.3, 0.4) is 0 Å². The number of hydrogen-bond acceptors (Lipinski definition) is 4. The van der Waals surface area contributed by atoms with Crippen molar-refractivity contribution in [2.24, 2.45) is 28.1 Å². The molecule has 0 heterocycles. The molecule has 3 N–H and O–H groups in total.